The molecule has 2 aromatic carbocycles. The number of carboxylic acid groups (broad SMARTS) is 1. The molecular weight excluding hydrogens is 490 g/mol. The number of nitrogens with one attached hydrogen (secondary N) is 2. The van der Waals surface area contributed by atoms with Crippen LogP contribution in [-0.4, -0.2) is 40.3 Å². The van der Waals surface area contributed by atoms with E-state index in [0.29, 0.717) is 12.1 Å². The van der Waals surface area contributed by atoms with E-state index in [2.05, 4.69) is 10.6 Å². The van der Waals surface area contributed by atoms with E-state index < -0.39 is 57.6 Å². The van der Waals surface area contributed by atoms with Gasteiger partial charge in [0.2, 0.25) is 11.6 Å². The van der Waals surface area contributed by atoms with Gasteiger partial charge in [-0.3, -0.25) is 19.7 Å². The van der Waals surface area contributed by atoms with Gasteiger partial charge in [0.05, 0.1) is 10.6 Å². The number of carbonyl (C=O) groups excluding carboxylic acids is 2. The fourth-order valence-electron chi connectivity index (χ4n) is 6.17. The van der Waals surface area contributed by atoms with Gasteiger partial charge in [-0.2, -0.15) is 0 Å². The van der Waals surface area contributed by atoms with Crippen LogP contribution in [0.3, 0.4) is 0 Å². The normalized spacial score (nSPS) is 24.6. The molecule has 0 saturated heterocycles. The highest BCUT2D eigenvalue weighted by atomic mass is 35.5. The van der Waals surface area contributed by atoms with E-state index in [1.54, 1.807) is 0 Å². The number of anilines is 1. The van der Waals surface area contributed by atoms with Gasteiger partial charge in [-0.25, -0.2) is 8.78 Å². The molecule has 0 aromatic heterocycles. The Morgan fingerprint density at radius 2 is 1.81 bits per heavy atom. The first-order chi connectivity index (χ1) is 17.2. The number of halogens is 3. The number of aliphatic carboxylic acids is 1. The molecule has 2 aliphatic carbocycles. The molecule has 36 heavy (non-hydrogen) atoms. The van der Waals surface area contributed by atoms with Crippen molar-refractivity contribution in [3.05, 3.63) is 64.2 Å². The van der Waals surface area contributed by atoms with Crippen molar-refractivity contribution in [1.29, 1.82) is 0 Å². The summed E-state index contributed by atoms with van der Waals surface area (Å²) in [5, 5.41) is 16.9. The molecule has 3 aliphatic rings. The zero-order valence-corrected chi connectivity index (χ0v) is 20.3. The maximum absolute atomic E-state index is 14.0. The average molecular weight is 517 g/mol. The second kappa shape index (κ2) is 9.56. The SMILES string of the molecule is O=C(CC(NC1CCC1)(C(=O)O)C1c2ccccc2N[C@@H]2CCC[C@H]12)C(=O)c1cc(F)cc(F)c1Cl. The number of benzene rings is 2. The standard InChI is InChI=1S/C27H27ClF2N2O4/c28-24-18(11-14(29)12-19(24)30)25(34)22(33)13-27(26(35)36,32-15-5-3-6-15)23-16-7-1-2-9-20(16)31-21-10-4-8-17(21)23/h1-2,7,9,11-12,15,17,21,23,31-32H,3-6,8,10,13H2,(H,35,36)/t17-,21+,23?,27?/m0/s1. The van der Waals surface area contributed by atoms with Crippen LogP contribution in [0.25, 0.3) is 0 Å². The van der Waals surface area contributed by atoms with Crippen LogP contribution in [0.15, 0.2) is 36.4 Å². The molecule has 2 aromatic rings. The first-order valence-corrected chi connectivity index (χ1v) is 12.7. The molecule has 6 nitrogen and oxygen atoms in total. The largest absolute Gasteiger partial charge is 0.480 e. The van der Waals surface area contributed by atoms with E-state index >= 15 is 0 Å². The molecule has 0 radical (unpaired) electrons. The highest BCUT2D eigenvalue weighted by Gasteiger charge is 2.57. The van der Waals surface area contributed by atoms with Gasteiger partial charge in [0.25, 0.3) is 0 Å². The highest BCUT2D eigenvalue weighted by Crippen LogP contribution is 2.52. The Bertz CT molecular complexity index is 1230. The lowest BCUT2D eigenvalue weighted by molar-refractivity contribution is -0.149. The van der Waals surface area contributed by atoms with Crippen LogP contribution in [0.2, 0.25) is 5.02 Å². The van der Waals surface area contributed by atoms with Crippen molar-refractivity contribution >= 4 is 34.8 Å². The van der Waals surface area contributed by atoms with Crippen LogP contribution in [-0.2, 0) is 9.59 Å². The number of ketones is 2. The fraction of sp³-hybridized carbons (Fsp3) is 0.444. The van der Waals surface area contributed by atoms with Crippen LogP contribution in [0, 0.1) is 17.6 Å². The molecule has 1 aliphatic heterocycles. The summed E-state index contributed by atoms with van der Waals surface area (Å²) in [6.07, 6.45) is 4.37. The summed E-state index contributed by atoms with van der Waals surface area (Å²) in [4.78, 5) is 39.7. The van der Waals surface area contributed by atoms with Crippen molar-refractivity contribution in [3.63, 3.8) is 0 Å². The number of rotatable bonds is 8. The molecule has 2 fully saturated rings. The molecule has 0 amide bonds. The molecule has 0 bridgehead atoms. The van der Waals surface area contributed by atoms with Crippen molar-refractivity contribution < 1.29 is 28.3 Å². The van der Waals surface area contributed by atoms with E-state index in [4.69, 9.17) is 11.6 Å². The Morgan fingerprint density at radius 3 is 2.50 bits per heavy atom. The lowest BCUT2D eigenvalue weighted by atomic mass is 9.64. The molecule has 4 atom stereocenters. The molecular formula is C27H27ClF2N2O4. The lowest BCUT2D eigenvalue weighted by Gasteiger charge is -2.49. The van der Waals surface area contributed by atoms with Crippen LogP contribution >= 0.6 is 11.6 Å². The zero-order chi connectivity index (χ0) is 25.6. The van der Waals surface area contributed by atoms with Crippen molar-refractivity contribution in [2.75, 3.05) is 5.32 Å². The number of hydrogen-bond donors (Lipinski definition) is 3. The molecule has 190 valence electrons. The van der Waals surface area contributed by atoms with E-state index in [0.717, 1.165) is 49.8 Å². The summed E-state index contributed by atoms with van der Waals surface area (Å²) in [6.45, 7) is 0. The molecule has 1 heterocycles. The smallest absolute Gasteiger partial charge is 0.325 e. The predicted octanol–water partition coefficient (Wildman–Crippen LogP) is 5.10. The molecule has 2 unspecified atom stereocenters. The molecule has 0 spiro atoms. The number of fused-ring (bicyclic) bond motifs is 2. The van der Waals surface area contributed by atoms with E-state index in [1.807, 2.05) is 24.3 Å². The summed E-state index contributed by atoms with van der Waals surface area (Å²) < 4.78 is 27.9. The van der Waals surface area contributed by atoms with Gasteiger partial charge in [-0.15, -0.1) is 0 Å². The van der Waals surface area contributed by atoms with E-state index in [9.17, 15) is 28.3 Å². The van der Waals surface area contributed by atoms with Gasteiger partial charge >= 0.3 is 5.97 Å². The van der Waals surface area contributed by atoms with Gasteiger partial charge in [0, 0.05) is 36.2 Å². The molecule has 2 saturated carbocycles. The Balaban J connectivity index is 1.59. The summed E-state index contributed by atoms with van der Waals surface area (Å²) in [6, 6.07) is 8.64. The second-order valence-corrected chi connectivity index (χ2v) is 10.5. The lowest BCUT2D eigenvalue weighted by Crippen LogP contribution is -2.64. The maximum atomic E-state index is 14.0. The third-order valence-electron chi connectivity index (χ3n) is 8.04. The number of carboxylic acids is 1. The Morgan fingerprint density at radius 1 is 1.08 bits per heavy atom. The topological polar surface area (TPSA) is 95.5 Å². The van der Waals surface area contributed by atoms with Gasteiger partial charge in [-0.05, 0) is 49.3 Å². The summed E-state index contributed by atoms with van der Waals surface area (Å²) >= 11 is 5.89. The van der Waals surface area contributed by atoms with E-state index in [1.165, 1.54) is 0 Å². The Kier molecular flexibility index (Phi) is 6.59. The summed E-state index contributed by atoms with van der Waals surface area (Å²) in [5.41, 5.74) is -0.779. The quantitative estimate of drug-likeness (QED) is 0.256. The Labute approximate surface area is 212 Å². The van der Waals surface area contributed by atoms with Gasteiger partial charge < -0.3 is 10.4 Å². The molecule has 5 rings (SSSR count). The third kappa shape index (κ3) is 4.20. The van der Waals surface area contributed by atoms with Crippen molar-refractivity contribution in [2.24, 2.45) is 5.92 Å². The first kappa shape index (κ1) is 24.8. The van der Waals surface area contributed by atoms with Crippen LogP contribution < -0.4 is 10.6 Å². The molecule has 3 N–H and O–H groups in total. The minimum atomic E-state index is -1.78. The predicted molar refractivity (Wildman–Crippen MR) is 130 cm³/mol. The van der Waals surface area contributed by atoms with Gasteiger partial charge in [-0.1, -0.05) is 42.6 Å². The number of para-hydroxylation sites is 1. The van der Waals surface area contributed by atoms with Gasteiger partial charge in [0.15, 0.2) is 0 Å². The van der Waals surface area contributed by atoms with Crippen molar-refractivity contribution in [3.8, 4) is 0 Å². The van der Waals surface area contributed by atoms with Crippen LogP contribution in [0.1, 0.15) is 66.8 Å². The molecule has 9 heteroatoms. The van der Waals surface area contributed by atoms with Crippen molar-refractivity contribution in [2.45, 2.75) is 68.5 Å². The number of hydrogen-bond acceptors (Lipinski definition) is 5. The first-order valence-electron chi connectivity index (χ1n) is 12.3. The van der Waals surface area contributed by atoms with Crippen molar-refractivity contribution in [1.82, 2.24) is 5.32 Å². The highest BCUT2D eigenvalue weighted by molar-refractivity contribution is 6.48. The fourth-order valence-corrected chi connectivity index (χ4v) is 6.37. The third-order valence-corrected chi connectivity index (χ3v) is 8.43. The van der Waals surface area contributed by atoms with Gasteiger partial charge in [0.1, 0.15) is 17.2 Å². The van der Waals surface area contributed by atoms with E-state index in [-0.39, 0.29) is 18.0 Å². The van der Waals surface area contributed by atoms with Crippen LogP contribution in [0.4, 0.5) is 14.5 Å². The Hall–Kier alpha value is -2.84. The second-order valence-electron chi connectivity index (χ2n) is 10.1. The minimum absolute atomic E-state index is 0.0457. The zero-order valence-electron chi connectivity index (χ0n) is 19.5. The summed E-state index contributed by atoms with van der Waals surface area (Å²) in [5.74, 6) is -6.35. The number of Topliss-reactive ketones (excluding diaryl/α,β-unsaturated/α-hetero) is 2. The average Bonchev–Trinajstić information content (AvgIpc) is 3.28. The minimum Gasteiger partial charge on any atom is -0.480 e. The maximum Gasteiger partial charge on any atom is 0.325 e. The summed E-state index contributed by atoms with van der Waals surface area (Å²) in [7, 11) is 0. The number of carbonyl (C=O) groups is 3. The van der Waals surface area contributed by atoms with Crippen LogP contribution in [0.5, 0.6) is 0 Å². The monoisotopic (exact) mass is 516 g/mol.